The van der Waals surface area contributed by atoms with Crippen molar-refractivity contribution in [2.45, 2.75) is 39.7 Å². The highest BCUT2D eigenvalue weighted by Gasteiger charge is 2.27. The van der Waals surface area contributed by atoms with Crippen molar-refractivity contribution in [3.8, 4) is 0 Å². The van der Waals surface area contributed by atoms with Gasteiger partial charge in [0.25, 0.3) is 5.91 Å². The molecule has 0 unspecified atom stereocenters. The second kappa shape index (κ2) is 10.3. The zero-order chi connectivity index (χ0) is 19.4. The number of benzene rings is 1. The maximum Gasteiger partial charge on any atom is 0.257 e. The topological polar surface area (TPSA) is 50.2 Å². The number of rotatable bonds is 6. The molecule has 0 radical (unpaired) electrons. The summed E-state index contributed by atoms with van der Waals surface area (Å²) in [6.07, 6.45) is 3.37. The van der Waals surface area contributed by atoms with Gasteiger partial charge in [0.15, 0.2) is 0 Å². The number of aryl methyl sites for hydroxylation is 1. The van der Waals surface area contributed by atoms with Gasteiger partial charge in [-0.3, -0.25) is 9.48 Å². The monoisotopic (exact) mass is 424 g/mol. The summed E-state index contributed by atoms with van der Waals surface area (Å²) in [5, 5.41) is 8.57. The van der Waals surface area contributed by atoms with Crippen molar-refractivity contribution in [3.63, 3.8) is 0 Å². The Morgan fingerprint density at radius 3 is 2.46 bits per heavy atom. The Kier molecular flexibility index (Phi) is 8.35. The number of amides is 1. The summed E-state index contributed by atoms with van der Waals surface area (Å²) in [6, 6.07) is 7.76. The Hall–Kier alpha value is -1.56. The molecule has 0 saturated carbocycles. The van der Waals surface area contributed by atoms with Gasteiger partial charge in [-0.15, -0.1) is 12.4 Å². The van der Waals surface area contributed by atoms with E-state index in [1.165, 1.54) is 6.42 Å². The van der Waals surface area contributed by atoms with Crippen molar-refractivity contribution in [1.82, 2.24) is 20.0 Å². The first-order chi connectivity index (χ1) is 13.0. The summed E-state index contributed by atoms with van der Waals surface area (Å²) in [7, 11) is 1.99. The minimum Gasteiger partial charge on any atom is -0.339 e. The predicted molar refractivity (Wildman–Crippen MR) is 117 cm³/mol. The lowest BCUT2D eigenvalue weighted by Crippen LogP contribution is -2.39. The van der Waals surface area contributed by atoms with Crippen molar-refractivity contribution in [1.29, 1.82) is 0 Å². The van der Waals surface area contributed by atoms with Crippen LogP contribution in [-0.4, -0.2) is 47.3 Å². The van der Waals surface area contributed by atoms with Crippen molar-refractivity contribution in [3.05, 3.63) is 51.8 Å². The van der Waals surface area contributed by atoms with Crippen LogP contribution in [0.2, 0.25) is 5.02 Å². The minimum atomic E-state index is 0. The maximum atomic E-state index is 13.1. The molecule has 154 valence electrons. The molecule has 1 aliphatic heterocycles. The van der Waals surface area contributed by atoms with E-state index in [4.69, 9.17) is 11.6 Å². The van der Waals surface area contributed by atoms with Gasteiger partial charge >= 0.3 is 0 Å². The molecular formula is C21H30Cl2N4O. The van der Waals surface area contributed by atoms with Crippen molar-refractivity contribution >= 4 is 29.9 Å². The molecule has 1 N–H and O–H groups in total. The van der Waals surface area contributed by atoms with E-state index in [-0.39, 0.29) is 18.3 Å². The molecule has 28 heavy (non-hydrogen) atoms. The minimum absolute atomic E-state index is 0. The largest absolute Gasteiger partial charge is 0.339 e. The zero-order valence-electron chi connectivity index (χ0n) is 16.9. The Bertz CT molecular complexity index is 780. The quantitative estimate of drug-likeness (QED) is 0.759. The normalized spacial score (nSPS) is 14.8. The van der Waals surface area contributed by atoms with Crippen molar-refractivity contribution in [2.24, 2.45) is 5.92 Å². The summed E-state index contributed by atoms with van der Waals surface area (Å²) in [6.45, 7) is 7.29. The highest BCUT2D eigenvalue weighted by Crippen LogP contribution is 2.24. The molecule has 0 atom stereocenters. The molecule has 0 bridgehead atoms. The number of carbonyl (C=O) groups excluding carboxylic acids is 1. The van der Waals surface area contributed by atoms with Gasteiger partial charge < -0.3 is 10.2 Å². The highest BCUT2D eigenvalue weighted by atomic mass is 35.5. The van der Waals surface area contributed by atoms with Crippen LogP contribution in [-0.2, 0) is 6.54 Å². The van der Waals surface area contributed by atoms with Gasteiger partial charge in [-0.25, -0.2) is 0 Å². The number of hydrogen-bond acceptors (Lipinski definition) is 3. The molecule has 5 nitrogen and oxygen atoms in total. The number of halogens is 2. The number of piperidine rings is 1. The average Bonchev–Trinajstić information content (AvgIpc) is 2.95. The molecule has 7 heteroatoms. The van der Waals surface area contributed by atoms with Crippen LogP contribution in [0.15, 0.2) is 24.3 Å². The fraction of sp³-hybridized carbons (Fsp3) is 0.524. The Morgan fingerprint density at radius 1 is 1.21 bits per heavy atom. The van der Waals surface area contributed by atoms with Crippen LogP contribution in [0.4, 0.5) is 0 Å². The molecule has 1 aromatic carbocycles. The molecule has 1 aromatic heterocycles. The lowest BCUT2D eigenvalue weighted by molar-refractivity contribution is 0.0685. The van der Waals surface area contributed by atoms with Crippen LogP contribution in [0.3, 0.4) is 0 Å². The lowest BCUT2D eigenvalue weighted by atomic mass is 9.93. The summed E-state index contributed by atoms with van der Waals surface area (Å²) in [5.74, 6) is 0.843. The summed E-state index contributed by atoms with van der Waals surface area (Å²) < 4.78 is 1.92. The second-order valence-corrected chi connectivity index (χ2v) is 7.89. The maximum absolute atomic E-state index is 13.1. The fourth-order valence-electron chi connectivity index (χ4n) is 3.85. The third-order valence-corrected chi connectivity index (χ3v) is 5.80. The van der Waals surface area contributed by atoms with E-state index < -0.39 is 0 Å². The standard InChI is InChI=1S/C21H29ClN4O.ClH/c1-15-20(21(27)25-12-9-17(10-13-25)8-11-23-3)16(2)26(24-15)14-18-4-6-19(22)7-5-18;/h4-7,17,23H,8-14H2,1-3H3;1H. The Morgan fingerprint density at radius 2 is 1.86 bits per heavy atom. The number of likely N-dealkylation sites (tertiary alicyclic amines) is 1. The fourth-order valence-corrected chi connectivity index (χ4v) is 3.98. The van der Waals surface area contributed by atoms with E-state index in [0.717, 1.165) is 65.9 Å². The predicted octanol–water partition coefficient (Wildman–Crippen LogP) is 4.09. The van der Waals surface area contributed by atoms with Crippen LogP contribution >= 0.6 is 24.0 Å². The van der Waals surface area contributed by atoms with E-state index in [9.17, 15) is 4.79 Å². The Labute approximate surface area is 178 Å². The summed E-state index contributed by atoms with van der Waals surface area (Å²) in [5.41, 5.74) is 3.63. The first kappa shape index (κ1) is 22.7. The van der Waals surface area contributed by atoms with Crippen molar-refractivity contribution < 1.29 is 4.79 Å². The van der Waals surface area contributed by atoms with E-state index in [1.54, 1.807) is 0 Å². The van der Waals surface area contributed by atoms with Crippen LogP contribution in [0, 0.1) is 19.8 Å². The van der Waals surface area contributed by atoms with Gasteiger partial charge in [0.2, 0.25) is 0 Å². The van der Waals surface area contributed by atoms with Crippen LogP contribution < -0.4 is 5.32 Å². The van der Waals surface area contributed by atoms with Gasteiger partial charge in [-0.1, -0.05) is 23.7 Å². The lowest BCUT2D eigenvalue weighted by Gasteiger charge is -2.32. The van der Waals surface area contributed by atoms with E-state index in [2.05, 4.69) is 10.4 Å². The highest BCUT2D eigenvalue weighted by molar-refractivity contribution is 6.30. The number of nitrogens with zero attached hydrogens (tertiary/aromatic N) is 3. The van der Waals surface area contributed by atoms with Gasteiger partial charge in [0.05, 0.1) is 17.8 Å². The third-order valence-electron chi connectivity index (χ3n) is 5.55. The number of hydrogen-bond donors (Lipinski definition) is 1. The molecule has 0 aliphatic carbocycles. The van der Waals surface area contributed by atoms with Crippen LogP contribution in [0.1, 0.15) is 46.6 Å². The average molecular weight is 425 g/mol. The van der Waals surface area contributed by atoms with Gasteiger partial charge in [0, 0.05) is 23.8 Å². The number of aromatic nitrogens is 2. The summed E-state index contributed by atoms with van der Waals surface area (Å²) >= 11 is 5.96. The molecule has 1 saturated heterocycles. The van der Waals surface area contributed by atoms with E-state index >= 15 is 0 Å². The molecule has 1 amide bonds. The molecular weight excluding hydrogens is 395 g/mol. The number of nitrogens with one attached hydrogen (secondary N) is 1. The third kappa shape index (κ3) is 5.28. The first-order valence-corrected chi connectivity index (χ1v) is 10.1. The summed E-state index contributed by atoms with van der Waals surface area (Å²) in [4.78, 5) is 15.1. The molecule has 1 fully saturated rings. The molecule has 0 spiro atoms. The van der Waals surface area contributed by atoms with Crippen LogP contribution in [0.25, 0.3) is 0 Å². The van der Waals surface area contributed by atoms with Gasteiger partial charge in [-0.05, 0) is 70.3 Å². The van der Waals surface area contributed by atoms with Gasteiger partial charge in [-0.2, -0.15) is 5.10 Å². The molecule has 3 rings (SSSR count). The van der Waals surface area contributed by atoms with E-state index in [0.29, 0.717) is 6.54 Å². The molecule has 1 aliphatic rings. The van der Waals surface area contributed by atoms with Crippen LogP contribution in [0.5, 0.6) is 0 Å². The molecule has 2 heterocycles. The first-order valence-electron chi connectivity index (χ1n) is 9.72. The zero-order valence-corrected chi connectivity index (χ0v) is 18.4. The molecule has 2 aromatic rings. The smallest absolute Gasteiger partial charge is 0.257 e. The van der Waals surface area contributed by atoms with Gasteiger partial charge in [0.1, 0.15) is 0 Å². The van der Waals surface area contributed by atoms with E-state index in [1.807, 2.05) is 54.7 Å². The second-order valence-electron chi connectivity index (χ2n) is 7.46. The SMILES string of the molecule is CNCCC1CCN(C(=O)c2c(C)nn(Cc3ccc(Cl)cc3)c2C)CC1.Cl. The number of carbonyl (C=O) groups is 1. The Balaban J connectivity index is 0.00000280. The van der Waals surface area contributed by atoms with Crippen molar-refractivity contribution in [2.75, 3.05) is 26.7 Å².